The maximum absolute atomic E-state index is 12.3. The third-order valence-corrected chi connectivity index (χ3v) is 4.50. The van der Waals surface area contributed by atoms with Gasteiger partial charge in [-0.15, -0.1) is 0 Å². The fourth-order valence-corrected chi connectivity index (χ4v) is 2.87. The lowest BCUT2D eigenvalue weighted by Gasteiger charge is -2.14. The minimum Gasteiger partial charge on any atom is -0.347 e. The predicted octanol–water partition coefficient (Wildman–Crippen LogP) is 4.93. The largest absolute Gasteiger partial charge is 0.347 e. The predicted molar refractivity (Wildman–Crippen MR) is 108 cm³/mol. The topological polar surface area (TPSA) is 66.9 Å². The third kappa shape index (κ3) is 4.83. The van der Waals surface area contributed by atoms with Gasteiger partial charge in [-0.05, 0) is 29.2 Å². The van der Waals surface area contributed by atoms with Crippen LogP contribution in [0.15, 0.2) is 60.9 Å². The summed E-state index contributed by atoms with van der Waals surface area (Å²) in [5, 5.41) is 6.68. The van der Waals surface area contributed by atoms with E-state index in [0.717, 1.165) is 11.3 Å². The zero-order valence-electron chi connectivity index (χ0n) is 15.2. The highest BCUT2D eigenvalue weighted by molar-refractivity contribution is 6.31. The summed E-state index contributed by atoms with van der Waals surface area (Å²) in [6.07, 6.45) is 3.02. The van der Waals surface area contributed by atoms with Gasteiger partial charge in [-0.25, -0.2) is 9.97 Å². The molecule has 138 valence electrons. The molecule has 1 amide bonds. The molecule has 0 bridgehead atoms. The molecule has 1 aromatic heterocycles. The van der Waals surface area contributed by atoms with Crippen LogP contribution in [-0.2, 0) is 6.54 Å². The van der Waals surface area contributed by atoms with Crippen molar-refractivity contribution in [3.8, 4) is 0 Å². The highest BCUT2D eigenvalue weighted by Crippen LogP contribution is 2.25. The van der Waals surface area contributed by atoms with Gasteiger partial charge in [0.15, 0.2) is 0 Å². The number of anilines is 2. The minimum atomic E-state index is -0.295. The normalized spacial score (nSPS) is 10.7. The van der Waals surface area contributed by atoms with Gasteiger partial charge in [0, 0.05) is 17.3 Å². The number of hydrogen-bond acceptors (Lipinski definition) is 4. The van der Waals surface area contributed by atoms with E-state index in [9.17, 15) is 4.79 Å². The van der Waals surface area contributed by atoms with Crippen molar-refractivity contribution in [3.63, 3.8) is 0 Å². The molecule has 2 N–H and O–H groups in total. The molecule has 0 aliphatic carbocycles. The molecule has 0 atom stereocenters. The van der Waals surface area contributed by atoms with Gasteiger partial charge in [-0.3, -0.25) is 4.79 Å². The molecule has 3 aromatic rings. The molecule has 2 aromatic carbocycles. The SMILES string of the molecule is CC(C)c1ccccc1Nc1cnc(C(=O)NCc2ccccc2Cl)cn1. The Morgan fingerprint density at radius 3 is 2.48 bits per heavy atom. The fourth-order valence-electron chi connectivity index (χ4n) is 2.67. The first-order valence-corrected chi connectivity index (χ1v) is 9.12. The number of nitrogens with one attached hydrogen (secondary N) is 2. The summed E-state index contributed by atoms with van der Waals surface area (Å²) in [6.45, 7) is 4.61. The van der Waals surface area contributed by atoms with Crippen molar-refractivity contribution in [2.24, 2.45) is 0 Å². The van der Waals surface area contributed by atoms with Gasteiger partial charge < -0.3 is 10.6 Å². The Morgan fingerprint density at radius 2 is 1.78 bits per heavy atom. The molecular weight excluding hydrogens is 360 g/mol. The second-order valence-corrected chi connectivity index (χ2v) is 6.84. The lowest BCUT2D eigenvalue weighted by molar-refractivity contribution is 0.0945. The van der Waals surface area contributed by atoms with E-state index in [1.165, 1.54) is 11.8 Å². The number of carbonyl (C=O) groups is 1. The standard InChI is InChI=1S/C21H21ClN4O/c1-14(2)16-8-4-6-10-18(16)26-20-13-23-19(12-24-20)21(27)25-11-15-7-3-5-9-17(15)22/h3-10,12-14H,11H2,1-2H3,(H,24,26)(H,25,27). The van der Waals surface area contributed by atoms with Gasteiger partial charge in [-0.2, -0.15) is 0 Å². The Hall–Kier alpha value is -2.92. The summed E-state index contributed by atoms with van der Waals surface area (Å²) in [4.78, 5) is 20.8. The molecular formula is C21H21ClN4O. The molecule has 0 saturated heterocycles. The van der Waals surface area contributed by atoms with Crippen LogP contribution in [0.4, 0.5) is 11.5 Å². The van der Waals surface area contributed by atoms with Crippen LogP contribution in [0.25, 0.3) is 0 Å². The number of rotatable bonds is 6. The molecule has 3 rings (SSSR count). The molecule has 1 heterocycles. The van der Waals surface area contributed by atoms with Crippen LogP contribution in [-0.4, -0.2) is 15.9 Å². The first-order valence-electron chi connectivity index (χ1n) is 8.74. The van der Waals surface area contributed by atoms with Gasteiger partial charge in [0.1, 0.15) is 11.5 Å². The van der Waals surface area contributed by atoms with Crippen LogP contribution in [0.3, 0.4) is 0 Å². The van der Waals surface area contributed by atoms with Crippen LogP contribution >= 0.6 is 11.6 Å². The van der Waals surface area contributed by atoms with Gasteiger partial charge >= 0.3 is 0 Å². The summed E-state index contributed by atoms with van der Waals surface area (Å²) >= 11 is 6.10. The van der Waals surface area contributed by atoms with Crippen LogP contribution in [0.1, 0.15) is 41.4 Å². The van der Waals surface area contributed by atoms with E-state index < -0.39 is 0 Å². The van der Waals surface area contributed by atoms with Crippen LogP contribution < -0.4 is 10.6 Å². The second kappa shape index (κ2) is 8.64. The van der Waals surface area contributed by atoms with E-state index in [1.54, 1.807) is 12.3 Å². The van der Waals surface area contributed by atoms with Crippen molar-refractivity contribution in [3.05, 3.63) is 82.8 Å². The van der Waals surface area contributed by atoms with Crippen molar-refractivity contribution in [2.75, 3.05) is 5.32 Å². The molecule has 0 unspecified atom stereocenters. The highest BCUT2D eigenvalue weighted by atomic mass is 35.5. The zero-order chi connectivity index (χ0) is 19.2. The monoisotopic (exact) mass is 380 g/mol. The summed E-state index contributed by atoms with van der Waals surface area (Å²) in [5.74, 6) is 0.679. The van der Waals surface area contributed by atoms with Gasteiger partial charge in [-0.1, -0.05) is 61.8 Å². The molecule has 0 spiro atoms. The Kier molecular flexibility index (Phi) is 6.04. The maximum atomic E-state index is 12.3. The van der Waals surface area contributed by atoms with Crippen molar-refractivity contribution in [1.29, 1.82) is 0 Å². The molecule has 27 heavy (non-hydrogen) atoms. The summed E-state index contributed by atoms with van der Waals surface area (Å²) in [7, 11) is 0. The summed E-state index contributed by atoms with van der Waals surface area (Å²) in [5.41, 5.74) is 3.28. The van der Waals surface area contributed by atoms with Crippen molar-refractivity contribution < 1.29 is 4.79 Å². The Balaban J connectivity index is 1.65. The molecule has 0 fully saturated rings. The second-order valence-electron chi connectivity index (χ2n) is 6.43. The first-order chi connectivity index (χ1) is 13.0. The Bertz CT molecular complexity index is 925. The van der Waals surface area contributed by atoms with E-state index in [2.05, 4.69) is 40.5 Å². The highest BCUT2D eigenvalue weighted by Gasteiger charge is 2.10. The van der Waals surface area contributed by atoms with Crippen LogP contribution in [0, 0.1) is 0 Å². The molecule has 0 saturated carbocycles. The minimum absolute atomic E-state index is 0.254. The number of hydrogen-bond donors (Lipinski definition) is 2. The number of nitrogens with zero attached hydrogens (tertiary/aromatic N) is 2. The third-order valence-electron chi connectivity index (χ3n) is 4.13. The molecule has 0 aliphatic rings. The molecule has 0 radical (unpaired) electrons. The molecule has 0 aliphatic heterocycles. The van der Waals surface area contributed by atoms with Crippen molar-refractivity contribution in [1.82, 2.24) is 15.3 Å². The van der Waals surface area contributed by atoms with E-state index in [0.29, 0.717) is 23.3 Å². The zero-order valence-corrected chi connectivity index (χ0v) is 16.0. The van der Waals surface area contributed by atoms with Gasteiger partial charge in [0.05, 0.1) is 12.4 Å². The van der Waals surface area contributed by atoms with Crippen LogP contribution in [0.5, 0.6) is 0 Å². The number of halogens is 1. The van der Waals surface area contributed by atoms with Crippen molar-refractivity contribution >= 4 is 29.0 Å². The first kappa shape index (κ1) is 18.9. The number of carbonyl (C=O) groups excluding carboxylic acids is 1. The number of aromatic nitrogens is 2. The Morgan fingerprint density at radius 1 is 1.04 bits per heavy atom. The Labute approximate surface area is 163 Å². The van der Waals surface area contributed by atoms with E-state index >= 15 is 0 Å². The van der Waals surface area contributed by atoms with E-state index in [1.807, 2.05) is 36.4 Å². The van der Waals surface area contributed by atoms with E-state index in [4.69, 9.17) is 11.6 Å². The number of amides is 1. The summed E-state index contributed by atoms with van der Waals surface area (Å²) < 4.78 is 0. The maximum Gasteiger partial charge on any atom is 0.271 e. The average Bonchev–Trinajstić information content (AvgIpc) is 2.68. The lowest BCUT2D eigenvalue weighted by atomic mass is 10.0. The van der Waals surface area contributed by atoms with Crippen molar-refractivity contribution in [2.45, 2.75) is 26.3 Å². The van der Waals surface area contributed by atoms with Gasteiger partial charge in [0.25, 0.3) is 5.91 Å². The number of benzene rings is 2. The fraction of sp³-hybridized carbons (Fsp3) is 0.190. The number of para-hydroxylation sites is 1. The molecule has 6 heteroatoms. The molecule has 5 nitrogen and oxygen atoms in total. The lowest BCUT2D eigenvalue weighted by Crippen LogP contribution is -2.24. The van der Waals surface area contributed by atoms with Crippen LogP contribution in [0.2, 0.25) is 5.02 Å². The quantitative estimate of drug-likeness (QED) is 0.636. The summed E-state index contributed by atoms with van der Waals surface area (Å²) in [6, 6.07) is 15.5. The van der Waals surface area contributed by atoms with E-state index in [-0.39, 0.29) is 11.6 Å². The smallest absolute Gasteiger partial charge is 0.271 e. The average molecular weight is 381 g/mol. The van der Waals surface area contributed by atoms with Gasteiger partial charge in [0.2, 0.25) is 0 Å².